The maximum atomic E-state index is 12.7. The second-order valence-corrected chi connectivity index (χ2v) is 11.0. The number of nitrogens with one attached hydrogen (secondary N) is 1. The molecule has 2 aliphatic rings. The summed E-state index contributed by atoms with van der Waals surface area (Å²) in [6.45, 7) is 6.07. The number of hydrogen-bond donors (Lipinski definition) is 1. The van der Waals surface area contributed by atoms with Gasteiger partial charge < -0.3 is 10.1 Å². The van der Waals surface area contributed by atoms with E-state index in [2.05, 4.69) is 17.5 Å². The Balaban J connectivity index is 1.53. The zero-order valence-electron chi connectivity index (χ0n) is 20.7. The lowest BCUT2D eigenvalue weighted by atomic mass is 9.63. The summed E-state index contributed by atoms with van der Waals surface area (Å²) >= 11 is 6.37. The summed E-state index contributed by atoms with van der Waals surface area (Å²) in [4.78, 5) is 25.2. The molecule has 0 spiro atoms. The fraction of sp³-hybridized carbons (Fsp3) is 0.464. The lowest BCUT2D eigenvalue weighted by molar-refractivity contribution is 0.0421. The van der Waals surface area contributed by atoms with Crippen molar-refractivity contribution < 1.29 is 9.53 Å². The van der Waals surface area contributed by atoms with Crippen LogP contribution in [0.1, 0.15) is 58.9 Å². The molecule has 1 atom stereocenters. The van der Waals surface area contributed by atoms with Crippen LogP contribution in [0.25, 0.3) is 11.3 Å². The Morgan fingerprint density at radius 3 is 2.54 bits per heavy atom. The maximum Gasteiger partial charge on any atom is 0.407 e. The molecule has 1 fully saturated rings. The number of aromatic nitrogens is 2. The van der Waals surface area contributed by atoms with Gasteiger partial charge in [0.1, 0.15) is 5.60 Å². The van der Waals surface area contributed by atoms with Crippen LogP contribution >= 0.6 is 11.6 Å². The summed E-state index contributed by atoms with van der Waals surface area (Å²) in [5, 5.41) is 8.47. The molecule has 1 N–H and O–H groups in total. The predicted molar refractivity (Wildman–Crippen MR) is 139 cm³/mol. The van der Waals surface area contributed by atoms with Crippen molar-refractivity contribution in [3.05, 3.63) is 76.1 Å². The molecule has 2 aliphatic carbocycles. The maximum absolute atomic E-state index is 12.7. The van der Waals surface area contributed by atoms with Crippen molar-refractivity contribution in [3.63, 3.8) is 0 Å². The minimum absolute atomic E-state index is 0.0133. The molecule has 2 aromatic rings. The van der Waals surface area contributed by atoms with Crippen LogP contribution in [0.4, 0.5) is 4.79 Å². The Kier molecular flexibility index (Phi) is 7.50. The van der Waals surface area contributed by atoms with Crippen molar-refractivity contribution in [3.8, 4) is 11.3 Å². The van der Waals surface area contributed by atoms with E-state index in [1.165, 1.54) is 0 Å². The molecular weight excluding hydrogens is 462 g/mol. The molecule has 0 aliphatic heterocycles. The summed E-state index contributed by atoms with van der Waals surface area (Å²) in [5.74, 6) is 0.205. The van der Waals surface area contributed by atoms with Crippen molar-refractivity contribution in [2.45, 2.75) is 64.5 Å². The lowest BCUT2D eigenvalue weighted by Crippen LogP contribution is -2.46. The Hall–Kier alpha value is -2.86. The first kappa shape index (κ1) is 25.2. The second kappa shape index (κ2) is 10.4. The smallest absolute Gasteiger partial charge is 0.407 e. The number of rotatable bonds is 5. The fourth-order valence-corrected chi connectivity index (χ4v) is 5.42. The van der Waals surface area contributed by atoms with Crippen molar-refractivity contribution >= 4 is 17.7 Å². The van der Waals surface area contributed by atoms with Crippen molar-refractivity contribution in [1.29, 1.82) is 0 Å². The van der Waals surface area contributed by atoms with Crippen LogP contribution in [-0.4, -0.2) is 28.0 Å². The molecular formula is C28H34ClN3O3. The zero-order valence-corrected chi connectivity index (χ0v) is 21.4. The highest BCUT2D eigenvalue weighted by atomic mass is 35.5. The molecule has 7 heteroatoms. The molecule has 0 bridgehead atoms. The number of halogens is 1. The van der Waals surface area contributed by atoms with Gasteiger partial charge in [0.2, 0.25) is 0 Å². The van der Waals surface area contributed by atoms with Gasteiger partial charge in [-0.15, -0.1) is 0 Å². The second-order valence-electron chi connectivity index (χ2n) is 10.6. The van der Waals surface area contributed by atoms with Crippen LogP contribution in [0, 0.1) is 11.3 Å². The van der Waals surface area contributed by atoms with E-state index in [1.807, 2.05) is 57.2 Å². The number of hydrogen-bond acceptors (Lipinski definition) is 4. The molecule has 186 valence electrons. The van der Waals surface area contributed by atoms with Crippen LogP contribution in [0.3, 0.4) is 0 Å². The molecule has 1 saturated carbocycles. The number of carbonyl (C=O) groups is 1. The average molecular weight is 496 g/mol. The van der Waals surface area contributed by atoms with Gasteiger partial charge in [-0.1, -0.05) is 54.1 Å². The molecule has 1 unspecified atom stereocenters. The van der Waals surface area contributed by atoms with E-state index in [0.29, 0.717) is 6.54 Å². The molecule has 1 aromatic carbocycles. The monoisotopic (exact) mass is 495 g/mol. The first-order chi connectivity index (χ1) is 16.7. The van der Waals surface area contributed by atoms with Gasteiger partial charge in [0.15, 0.2) is 0 Å². The number of benzene rings is 1. The topological polar surface area (TPSA) is 73.2 Å². The van der Waals surface area contributed by atoms with Crippen molar-refractivity contribution in [2.24, 2.45) is 11.3 Å². The minimum atomic E-state index is -0.553. The Morgan fingerprint density at radius 2 is 1.89 bits per heavy atom. The molecule has 1 aromatic heterocycles. The summed E-state index contributed by atoms with van der Waals surface area (Å²) in [6.07, 6.45) is 9.89. The van der Waals surface area contributed by atoms with E-state index in [0.717, 1.165) is 48.4 Å². The van der Waals surface area contributed by atoms with Gasteiger partial charge in [-0.3, -0.25) is 4.79 Å². The van der Waals surface area contributed by atoms with E-state index in [1.54, 1.807) is 16.8 Å². The Morgan fingerprint density at radius 1 is 1.17 bits per heavy atom. The third-order valence-corrected chi connectivity index (χ3v) is 7.24. The highest BCUT2D eigenvalue weighted by Gasteiger charge is 2.42. The minimum Gasteiger partial charge on any atom is -0.444 e. The molecule has 35 heavy (non-hydrogen) atoms. The van der Waals surface area contributed by atoms with Gasteiger partial charge >= 0.3 is 6.09 Å². The summed E-state index contributed by atoms with van der Waals surface area (Å²) in [6, 6.07) is 13.3. The number of nitrogens with zero attached hydrogens (tertiary/aromatic N) is 2. The number of amides is 1. The number of allylic oxidation sites excluding steroid dienone is 4. The molecule has 1 amide bonds. The average Bonchev–Trinajstić information content (AvgIpc) is 2.83. The first-order valence-corrected chi connectivity index (χ1v) is 12.7. The molecule has 0 saturated heterocycles. The highest BCUT2D eigenvalue weighted by Crippen LogP contribution is 2.48. The Bertz CT molecular complexity index is 1160. The van der Waals surface area contributed by atoms with Crippen LogP contribution in [0.15, 0.2) is 70.5 Å². The van der Waals surface area contributed by atoms with Crippen LogP contribution < -0.4 is 10.9 Å². The van der Waals surface area contributed by atoms with Gasteiger partial charge in [-0.25, -0.2) is 9.48 Å². The standard InChI is InChI=1S/C28H34ClN3O3/c1-27(2,3)35-26(34)30-19-28(21-10-7-11-22(29)18-21)16-14-23(15-17-28)32-25(33)13-12-24(31-32)20-8-5-4-6-9-20/h4-9,11-13,18,21,23H,10,14-17,19H2,1-3H3,(H,30,34). The van der Waals surface area contributed by atoms with Gasteiger partial charge in [0.05, 0.1) is 11.7 Å². The Labute approximate surface area is 212 Å². The van der Waals surface area contributed by atoms with Crippen molar-refractivity contribution in [1.82, 2.24) is 15.1 Å². The van der Waals surface area contributed by atoms with Crippen molar-refractivity contribution in [2.75, 3.05) is 6.54 Å². The third kappa shape index (κ3) is 6.23. The predicted octanol–water partition coefficient (Wildman–Crippen LogP) is 6.24. The molecule has 6 nitrogen and oxygen atoms in total. The van der Waals surface area contributed by atoms with Gasteiger partial charge in [0.25, 0.3) is 5.56 Å². The molecule has 0 radical (unpaired) electrons. The van der Waals surface area contributed by atoms with E-state index in [-0.39, 0.29) is 22.9 Å². The number of ether oxygens (including phenoxy) is 1. The van der Waals surface area contributed by atoms with Gasteiger partial charge in [-0.2, -0.15) is 5.10 Å². The zero-order chi connectivity index (χ0) is 25.1. The highest BCUT2D eigenvalue weighted by molar-refractivity contribution is 6.31. The number of carbonyl (C=O) groups excluding carboxylic acids is 1. The van der Waals surface area contributed by atoms with Gasteiger partial charge in [-0.05, 0) is 76.4 Å². The molecule has 1 heterocycles. The van der Waals surface area contributed by atoms with Crippen LogP contribution in [0.2, 0.25) is 0 Å². The largest absolute Gasteiger partial charge is 0.444 e. The van der Waals surface area contributed by atoms with E-state index in [4.69, 9.17) is 21.4 Å². The van der Waals surface area contributed by atoms with E-state index in [9.17, 15) is 9.59 Å². The summed E-state index contributed by atoms with van der Waals surface area (Å²) < 4.78 is 7.13. The fourth-order valence-electron chi connectivity index (χ4n) is 5.18. The van der Waals surface area contributed by atoms with Crippen LogP contribution in [-0.2, 0) is 4.74 Å². The number of alkyl carbamates (subject to hydrolysis) is 1. The van der Waals surface area contributed by atoms with E-state index >= 15 is 0 Å². The first-order valence-electron chi connectivity index (χ1n) is 12.3. The van der Waals surface area contributed by atoms with Crippen LogP contribution in [0.5, 0.6) is 0 Å². The lowest BCUT2D eigenvalue weighted by Gasteiger charge is -2.45. The SMILES string of the molecule is CC(C)(C)OC(=O)NCC1(C2C=C(Cl)C=CC2)CCC(n2nc(-c3ccccc3)ccc2=O)CC1. The molecule has 4 rings (SSSR count). The summed E-state index contributed by atoms with van der Waals surface area (Å²) in [5.41, 5.74) is 0.974. The normalized spacial score (nSPS) is 24.5. The summed E-state index contributed by atoms with van der Waals surface area (Å²) in [7, 11) is 0. The van der Waals surface area contributed by atoms with E-state index < -0.39 is 11.7 Å². The third-order valence-electron chi connectivity index (χ3n) is 6.99. The van der Waals surface area contributed by atoms with Gasteiger partial charge in [0, 0.05) is 23.2 Å². The quantitative estimate of drug-likeness (QED) is 0.533.